The Hall–Kier alpha value is -1.06. The minimum absolute atomic E-state index is 0.0617. The number of benzene rings is 1. The Bertz CT molecular complexity index is 520. The average molecular weight is 286 g/mol. The highest BCUT2D eigenvalue weighted by molar-refractivity contribution is 5.39. The van der Waals surface area contributed by atoms with E-state index in [1.807, 2.05) is 0 Å². The molecule has 114 valence electrons. The van der Waals surface area contributed by atoms with E-state index in [4.69, 9.17) is 4.74 Å². The van der Waals surface area contributed by atoms with Crippen LogP contribution in [0.1, 0.15) is 57.4 Å². The van der Waals surface area contributed by atoms with Crippen molar-refractivity contribution >= 4 is 0 Å². The Labute approximate surface area is 127 Å². The van der Waals surface area contributed by atoms with Crippen LogP contribution in [-0.4, -0.2) is 29.2 Å². The van der Waals surface area contributed by atoms with Crippen LogP contribution in [0, 0.1) is 0 Å². The Morgan fingerprint density at radius 3 is 2.67 bits per heavy atom. The van der Waals surface area contributed by atoms with E-state index < -0.39 is 0 Å². The second kappa shape index (κ2) is 4.99. The molecule has 0 saturated heterocycles. The molecule has 3 nitrogen and oxygen atoms in total. The number of nitrogens with zero attached hydrogens (tertiary/aromatic N) is 1. The predicted molar refractivity (Wildman–Crippen MR) is 84.4 cm³/mol. The summed E-state index contributed by atoms with van der Waals surface area (Å²) in [5.41, 5.74) is 5.08. The van der Waals surface area contributed by atoms with Gasteiger partial charge in [0.2, 0.25) is 0 Å². The summed E-state index contributed by atoms with van der Waals surface area (Å²) in [6.07, 6.45) is 6.50. The Kier molecular flexibility index (Phi) is 3.23. The number of rotatable bonds is 5. The van der Waals surface area contributed by atoms with Gasteiger partial charge in [-0.05, 0) is 57.6 Å². The van der Waals surface area contributed by atoms with Gasteiger partial charge in [-0.3, -0.25) is 5.43 Å². The summed E-state index contributed by atoms with van der Waals surface area (Å²) in [7, 11) is 0. The maximum absolute atomic E-state index is 6.16. The van der Waals surface area contributed by atoms with E-state index >= 15 is 0 Å². The smallest absolute Gasteiger partial charge is 0.123 e. The van der Waals surface area contributed by atoms with Crippen LogP contribution in [0.15, 0.2) is 24.3 Å². The van der Waals surface area contributed by atoms with Gasteiger partial charge in [0.1, 0.15) is 11.4 Å². The van der Waals surface area contributed by atoms with Gasteiger partial charge in [0.15, 0.2) is 0 Å². The molecule has 21 heavy (non-hydrogen) atoms. The maximum atomic E-state index is 6.16. The topological polar surface area (TPSA) is 24.5 Å². The van der Waals surface area contributed by atoms with Crippen molar-refractivity contribution in [2.45, 2.75) is 69.6 Å². The first-order valence-corrected chi connectivity index (χ1v) is 8.41. The molecule has 3 aliphatic rings. The van der Waals surface area contributed by atoms with Crippen LogP contribution < -0.4 is 10.2 Å². The van der Waals surface area contributed by atoms with E-state index in [1.54, 1.807) is 0 Å². The number of nitrogens with one attached hydrogen (secondary N) is 1. The predicted octanol–water partition coefficient (Wildman–Crippen LogP) is 3.46. The molecule has 1 heterocycles. The van der Waals surface area contributed by atoms with Gasteiger partial charge < -0.3 is 4.74 Å². The first-order chi connectivity index (χ1) is 10.1. The van der Waals surface area contributed by atoms with Crippen LogP contribution in [0.4, 0.5) is 0 Å². The van der Waals surface area contributed by atoms with E-state index in [0.29, 0.717) is 5.92 Å². The molecule has 1 atom stereocenters. The molecule has 1 N–H and O–H groups in total. The lowest BCUT2D eigenvalue weighted by molar-refractivity contribution is 0.0555. The summed E-state index contributed by atoms with van der Waals surface area (Å²) in [5, 5.41) is 2.54. The molecular weight excluding hydrogens is 260 g/mol. The maximum Gasteiger partial charge on any atom is 0.123 e. The molecule has 2 aliphatic carbocycles. The van der Waals surface area contributed by atoms with E-state index in [-0.39, 0.29) is 5.60 Å². The monoisotopic (exact) mass is 286 g/mol. The van der Waals surface area contributed by atoms with Gasteiger partial charge in [-0.25, -0.2) is 5.01 Å². The third kappa shape index (κ3) is 3.09. The normalized spacial score (nSPS) is 27.3. The summed E-state index contributed by atoms with van der Waals surface area (Å²) in [6.45, 7) is 5.54. The Balaban J connectivity index is 1.55. The molecule has 0 spiro atoms. The van der Waals surface area contributed by atoms with Crippen molar-refractivity contribution < 1.29 is 4.74 Å². The molecule has 0 aromatic heterocycles. The fourth-order valence-corrected chi connectivity index (χ4v) is 3.49. The highest BCUT2D eigenvalue weighted by Crippen LogP contribution is 2.42. The fourth-order valence-electron chi connectivity index (χ4n) is 3.49. The van der Waals surface area contributed by atoms with Crippen LogP contribution in [0.5, 0.6) is 5.75 Å². The highest BCUT2D eigenvalue weighted by atomic mass is 16.5. The van der Waals surface area contributed by atoms with E-state index in [9.17, 15) is 0 Å². The van der Waals surface area contributed by atoms with Crippen LogP contribution >= 0.6 is 0 Å². The lowest BCUT2D eigenvalue weighted by Crippen LogP contribution is -2.46. The number of fused-ring (bicyclic) bond motifs is 1. The van der Waals surface area contributed by atoms with E-state index in [2.05, 4.69) is 48.5 Å². The number of hydrogen-bond donors (Lipinski definition) is 1. The van der Waals surface area contributed by atoms with Gasteiger partial charge in [-0.15, -0.1) is 0 Å². The molecular formula is C18H26N2O. The number of hydrogen-bond acceptors (Lipinski definition) is 3. The van der Waals surface area contributed by atoms with Gasteiger partial charge in [-0.1, -0.05) is 18.2 Å². The summed E-state index contributed by atoms with van der Waals surface area (Å²) < 4.78 is 6.16. The quantitative estimate of drug-likeness (QED) is 0.839. The zero-order chi connectivity index (χ0) is 14.4. The third-order valence-electron chi connectivity index (χ3n) is 4.81. The summed E-state index contributed by atoms with van der Waals surface area (Å²) in [6, 6.07) is 10.1. The molecule has 0 radical (unpaired) electrons. The van der Waals surface area contributed by atoms with Gasteiger partial charge in [0.25, 0.3) is 0 Å². The molecule has 4 rings (SSSR count). The van der Waals surface area contributed by atoms with Gasteiger partial charge in [0, 0.05) is 24.5 Å². The van der Waals surface area contributed by atoms with Crippen molar-refractivity contribution in [1.82, 2.24) is 10.4 Å². The molecule has 1 unspecified atom stereocenters. The number of para-hydroxylation sites is 1. The second-order valence-electron chi connectivity index (χ2n) is 7.59. The lowest BCUT2D eigenvalue weighted by atomic mass is 9.84. The second-order valence-corrected chi connectivity index (χ2v) is 7.59. The van der Waals surface area contributed by atoms with Gasteiger partial charge in [-0.2, -0.15) is 0 Å². The first-order valence-electron chi connectivity index (χ1n) is 8.41. The van der Waals surface area contributed by atoms with Crippen LogP contribution in [0.25, 0.3) is 0 Å². The number of ether oxygens (including phenoxy) is 1. The van der Waals surface area contributed by atoms with Crippen molar-refractivity contribution in [1.29, 1.82) is 0 Å². The fraction of sp³-hybridized carbons (Fsp3) is 0.667. The largest absolute Gasteiger partial charge is 0.488 e. The van der Waals surface area contributed by atoms with Crippen LogP contribution in [0.3, 0.4) is 0 Å². The zero-order valence-corrected chi connectivity index (χ0v) is 13.1. The van der Waals surface area contributed by atoms with Crippen molar-refractivity contribution in [3.8, 4) is 5.75 Å². The molecule has 1 aromatic rings. The van der Waals surface area contributed by atoms with E-state index in [0.717, 1.165) is 30.8 Å². The SMILES string of the molecule is CC1(C)CC(CN(NC2CC2)C2CC2)c2ccccc2O1. The Morgan fingerprint density at radius 2 is 1.95 bits per heavy atom. The molecule has 2 saturated carbocycles. The van der Waals surface area contributed by atoms with Crippen LogP contribution in [0.2, 0.25) is 0 Å². The molecule has 1 aromatic carbocycles. The molecule has 2 fully saturated rings. The molecule has 1 aliphatic heterocycles. The standard InChI is InChI=1S/C18H26N2O/c1-18(2)11-13(16-5-3-4-6-17(16)21-18)12-20(15-9-10-15)19-14-7-8-14/h3-6,13-15,19H,7-12H2,1-2H3. The Morgan fingerprint density at radius 1 is 1.19 bits per heavy atom. The molecule has 0 amide bonds. The highest BCUT2D eigenvalue weighted by Gasteiger charge is 2.39. The van der Waals surface area contributed by atoms with E-state index in [1.165, 1.54) is 31.2 Å². The van der Waals surface area contributed by atoms with Crippen molar-refractivity contribution in [3.05, 3.63) is 29.8 Å². The molecule has 0 bridgehead atoms. The average Bonchev–Trinajstić information content (AvgIpc) is 3.30. The van der Waals surface area contributed by atoms with Crippen LogP contribution in [-0.2, 0) is 0 Å². The lowest BCUT2D eigenvalue weighted by Gasteiger charge is -2.39. The third-order valence-corrected chi connectivity index (χ3v) is 4.81. The van der Waals surface area contributed by atoms with Crippen molar-refractivity contribution in [3.63, 3.8) is 0 Å². The minimum Gasteiger partial charge on any atom is -0.488 e. The van der Waals surface area contributed by atoms with Gasteiger partial charge >= 0.3 is 0 Å². The summed E-state index contributed by atoms with van der Waals surface area (Å²) in [5.74, 6) is 1.65. The summed E-state index contributed by atoms with van der Waals surface area (Å²) >= 11 is 0. The van der Waals surface area contributed by atoms with Crippen molar-refractivity contribution in [2.75, 3.05) is 6.54 Å². The van der Waals surface area contributed by atoms with Gasteiger partial charge in [0.05, 0.1) is 0 Å². The minimum atomic E-state index is -0.0617. The zero-order valence-electron chi connectivity index (χ0n) is 13.1. The van der Waals surface area contributed by atoms with Crippen molar-refractivity contribution in [2.24, 2.45) is 0 Å². The molecule has 3 heteroatoms. The first kappa shape index (κ1) is 13.6. The summed E-state index contributed by atoms with van der Waals surface area (Å²) in [4.78, 5) is 0. The number of hydrazine groups is 1.